The molecule has 0 atom stereocenters. The van der Waals surface area contributed by atoms with Gasteiger partial charge in [-0.05, 0) is 35.9 Å². The van der Waals surface area contributed by atoms with Gasteiger partial charge in [-0.1, -0.05) is 11.6 Å². The highest BCUT2D eigenvalue weighted by atomic mass is 35.5. The summed E-state index contributed by atoms with van der Waals surface area (Å²) >= 11 is 5.75. The van der Waals surface area contributed by atoms with Crippen LogP contribution >= 0.6 is 11.6 Å². The molecule has 0 aliphatic heterocycles. The second kappa shape index (κ2) is 6.23. The molecule has 0 bridgehead atoms. The topological polar surface area (TPSA) is 105 Å². The van der Waals surface area contributed by atoms with Crippen LogP contribution in [0.5, 0.6) is 0 Å². The van der Waals surface area contributed by atoms with E-state index < -0.39 is 14.9 Å². The lowest BCUT2D eigenvalue weighted by Crippen LogP contribution is -2.23. The number of nitrogens with zero attached hydrogens (tertiary/aromatic N) is 1. The van der Waals surface area contributed by atoms with Gasteiger partial charge >= 0.3 is 0 Å². The molecule has 0 fully saturated rings. The number of nitro benzene ring substituents is 1. The van der Waals surface area contributed by atoms with E-state index in [-0.39, 0.29) is 17.1 Å². The van der Waals surface area contributed by atoms with E-state index in [0.717, 1.165) is 0 Å². The quantitative estimate of drug-likeness (QED) is 0.535. The van der Waals surface area contributed by atoms with Crippen molar-refractivity contribution < 1.29 is 13.3 Å². The molecule has 3 rings (SSSR count). The van der Waals surface area contributed by atoms with Crippen LogP contribution in [0.3, 0.4) is 0 Å². The van der Waals surface area contributed by atoms with Crippen molar-refractivity contribution in [1.29, 1.82) is 0 Å². The number of non-ortho nitro benzene ring substituents is 1. The smallest absolute Gasteiger partial charge is 0.270 e. The van der Waals surface area contributed by atoms with E-state index in [4.69, 9.17) is 11.6 Å². The molecule has 124 valence electrons. The van der Waals surface area contributed by atoms with Crippen molar-refractivity contribution in [2.24, 2.45) is 0 Å². The Hall–Kier alpha value is -2.42. The lowest BCUT2D eigenvalue weighted by molar-refractivity contribution is -0.384. The zero-order chi connectivity index (χ0) is 17.3. The van der Waals surface area contributed by atoms with Crippen LogP contribution in [-0.2, 0) is 16.6 Å². The molecule has 3 aromatic rings. The van der Waals surface area contributed by atoms with E-state index in [0.29, 0.717) is 21.5 Å². The second-order valence-electron chi connectivity index (χ2n) is 5.08. The van der Waals surface area contributed by atoms with Gasteiger partial charge in [0.05, 0.1) is 9.82 Å². The molecular weight excluding hydrogens is 354 g/mol. The summed E-state index contributed by atoms with van der Waals surface area (Å²) in [6, 6.07) is 10.2. The molecule has 9 heteroatoms. The Morgan fingerprint density at radius 1 is 1.17 bits per heavy atom. The van der Waals surface area contributed by atoms with Gasteiger partial charge in [0.25, 0.3) is 5.69 Å². The van der Waals surface area contributed by atoms with Crippen LogP contribution in [0.2, 0.25) is 5.02 Å². The van der Waals surface area contributed by atoms with Gasteiger partial charge in [-0.2, -0.15) is 0 Å². The number of halogens is 1. The summed E-state index contributed by atoms with van der Waals surface area (Å²) in [5.74, 6) is 0. The highest BCUT2D eigenvalue weighted by molar-refractivity contribution is 7.89. The average Bonchev–Trinajstić information content (AvgIpc) is 2.95. The molecule has 24 heavy (non-hydrogen) atoms. The van der Waals surface area contributed by atoms with Crippen molar-refractivity contribution in [3.8, 4) is 0 Å². The fourth-order valence-corrected chi connectivity index (χ4v) is 3.43. The van der Waals surface area contributed by atoms with Crippen molar-refractivity contribution in [3.63, 3.8) is 0 Å². The Labute approximate surface area is 142 Å². The van der Waals surface area contributed by atoms with Crippen molar-refractivity contribution in [2.75, 3.05) is 0 Å². The third-order valence-electron chi connectivity index (χ3n) is 3.54. The highest BCUT2D eigenvalue weighted by Gasteiger charge is 2.16. The first-order valence-corrected chi connectivity index (χ1v) is 8.72. The van der Waals surface area contributed by atoms with Crippen LogP contribution in [0.4, 0.5) is 5.69 Å². The SMILES string of the molecule is O=[N+]([O-])c1ccc2[nH]cc(CNS(=O)(=O)c3ccc(Cl)cc3)c2c1. The number of benzene rings is 2. The molecule has 0 amide bonds. The number of nitro groups is 1. The number of fused-ring (bicyclic) bond motifs is 1. The predicted molar refractivity (Wildman–Crippen MR) is 90.4 cm³/mol. The second-order valence-corrected chi connectivity index (χ2v) is 7.28. The third kappa shape index (κ3) is 3.25. The third-order valence-corrected chi connectivity index (χ3v) is 5.21. The summed E-state index contributed by atoms with van der Waals surface area (Å²) in [7, 11) is -3.70. The lowest BCUT2D eigenvalue weighted by Gasteiger charge is -2.06. The summed E-state index contributed by atoms with van der Waals surface area (Å²) in [6.45, 7) is 0.00608. The standard InChI is InChI=1S/C15H12ClN3O4S/c16-11-1-4-13(5-2-11)24(22,23)18-9-10-8-17-15-6-3-12(19(20)21)7-14(10)15/h1-8,17-18H,9H2. The fourth-order valence-electron chi connectivity index (χ4n) is 2.30. The summed E-state index contributed by atoms with van der Waals surface area (Å²) in [6.07, 6.45) is 1.62. The Bertz CT molecular complexity index is 1010. The Kier molecular flexibility index (Phi) is 4.27. The lowest BCUT2D eigenvalue weighted by atomic mass is 10.1. The van der Waals surface area contributed by atoms with E-state index in [2.05, 4.69) is 9.71 Å². The average molecular weight is 366 g/mol. The van der Waals surface area contributed by atoms with E-state index >= 15 is 0 Å². The van der Waals surface area contributed by atoms with Crippen molar-refractivity contribution in [1.82, 2.24) is 9.71 Å². The number of sulfonamides is 1. The number of hydrogen-bond acceptors (Lipinski definition) is 4. The summed E-state index contributed by atoms with van der Waals surface area (Å²) in [4.78, 5) is 13.4. The van der Waals surface area contributed by atoms with Gasteiger partial charge in [0.2, 0.25) is 10.0 Å². The number of rotatable bonds is 5. The summed E-state index contributed by atoms with van der Waals surface area (Å²) in [5, 5.41) is 11.9. The number of aromatic nitrogens is 1. The van der Waals surface area contributed by atoms with Gasteiger partial charge in [0.1, 0.15) is 0 Å². The van der Waals surface area contributed by atoms with E-state index in [1.165, 1.54) is 36.4 Å². The van der Waals surface area contributed by atoms with Crippen LogP contribution in [-0.4, -0.2) is 18.3 Å². The Morgan fingerprint density at radius 2 is 1.88 bits per heavy atom. The van der Waals surface area contributed by atoms with Crippen molar-refractivity contribution in [3.05, 3.63) is 69.4 Å². The molecule has 0 saturated carbocycles. The minimum atomic E-state index is -3.70. The summed E-state index contributed by atoms with van der Waals surface area (Å²) < 4.78 is 27.0. The fraction of sp³-hybridized carbons (Fsp3) is 0.0667. The Morgan fingerprint density at radius 3 is 2.54 bits per heavy atom. The number of aromatic amines is 1. The molecule has 0 aliphatic rings. The molecule has 1 heterocycles. The largest absolute Gasteiger partial charge is 0.361 e. The molecule has 2 N–H and O–H groups in total. The highest BCUT2D eigenvalue weighted by Crippen LogP contribution is 2.24. The molecule has 0 aliphatic carbocycles. The number of H-pyrrole nitrogens is 1. The van der Waals surface area contributed by atoms with Gasteiger partial charge in [-0.25, -0.2) is 13.1 Å². The van der Waals surface area contributed by atoms with Crippen molar-refractivity contribution in [2.45, 2.75) is 11.4 Å². The Balaban J connectivity index is 1.86. The number of hydrogen-bond donors (Lipinski definition) is 2. The van der Waals surface area contributed by atoms with E-state index in [1.54, 1.807) is 12.3 Å². The first-order chi connectivity index (χ1) is 11.4. The van der Waals surface area contributed by atoms with Gasteiger partial charge in [0.15, 0.2) is 0 Å². The van der Waals surface area contributed by atoms with Crippen LogP contribution in [0.15, 0.2) is 53.6 Å². The normalized spacial score (nSPS) is 11.7. The molecule has 0 saturated heterocycles. The van der Waals surface area contributed by atoms with E-state index in [1.807, 2.05) is 0 Å². The number of nitrogens with one attached hydrogen (secondary N) is 2. The van der Waals surface area contributed by atoms with Crippen LogP contribution in [0.1, 0.15) is 5.56 Å². The van der Waals surface area contributed by atoms with Crippen LogP contribution < -0.4 is 4.72 Å². The van der Waals surface area contributed by atoms with Gasteiger partial charge in [0, 0.05) is 40.8 Å². The van der Waals surface area contributed by atoms with Crippen molar-refractivity contribution >= 4 is 38.2 Å². The minimum absolute atomic E-state index is 0.00608. The maximum Gasteiger partial charge on any atom is 0.270 e. The monoisotopic (exact) mass is 365 g/mol. The minimum Gasteiger partial charge on any atom is -0.361 e. The van der Waals surface area contributed by atoms with Crippen LogP contribution in [0.25, 0.3) is 10.9 Å². The van der Waals surface area contributed by atoms with E-state index in [9.17, 15) is 18.5 Å². The molecule has 7 nitrogen and oxygen atoms in total. The molecule has 0 unspecified atom stereocenters. The molecule has 0 spiro atoms. The first kappa shape index (κ1) is 16.4. The molecule has 2 aromatic carbocycles. The summed E-state index contributed by atoms with van der Waals surface area (Å²) in [5.41, 5.74) is 1.26. The molecule has 0 radical (unpaired) electrons. The van der Waals surface area contributed by atoms with Gasteiger partial charge in [-0.15, -0.1) is 0 Å². The maximum atomic E-state index is 12.3. The molecular formula is C15H12ClN3O4S. The zero-order valence-corrected chi connectivity index (χ0v) is 13.8. The van der Waals surface area contributed by atoms with Crippen LogP contribution in [0, 0.1) is 10.1 Å². The van der Waals surface area contributed by atoms with Gasteiger partial charge in [-0.3, -0.25) is 10.1 Å². The first-order valence-electron chi connectivity index (χ1n) is 6.86. The predicted octanol–water partition coefficient (Wildman–Crippen LogP) is 3.21. The van der Waals surface area contributed by atoms with Gasteiger partial charge < -0.3 is 4.98 Å². The molecule has 1 aromatic heterocycles. The zero-order valence-electron chi connectivity index (χ0n) is 12.2. The maximum absolute atomic E-state index is 12.3.